The van der Waals surface area contributed by atoms with E-state index in [1.807, 2.05) is 4.90 Å². The number of aliphatic hydroxyl groups excluding tert-OH is 1. The van der Waals surface area contributed by atoms with Crippen LogP contribution in [0.4, 0.5) is 0 Å². The Balaban J connectivity index is 1.55. The molecule has 1 aromatic carbocycles. The minimum absolute atomic E-state index is 0.101. The Bertz CT molecular complexity index is 602. The lowest BCUT2D eigenvalue weighted by Gasteiger charge is -2.44. The average molecular weight is 344 g/mol. The van der Waals surface area contributed by atoms with Crippen LogP contribution in [0.1, 0.15) is 24.8 Å². The molecule has 25 heavy (non-hydrogen) atoms. The Hall–Kier alpha value is -1.43. The fourth-order valence-corrected chi connectivity index (χ4v) is 5.02. The summed E-state index contributed by atoms with van der Waals surface area (Å²) in [5.74, 6) is 0.598. The molecule has 0 bridgehead atoms. The monoisotopic (exact) mass is 344 g/mol. The second kappa shape index (κ2) is 7.06. The van der Waals surface area contributed by atoms with Crippen molar-refractivity contribution >= 4 is 5.91 Å². The van der Waals surface area contributed by atoms with Crippen molar-refractivity contribution in [1.29, 1.82) is 0 Å². The van der Waals surface area contributed by atoms with Crippen LogP contribution in [0.3, 0.4) is 0 Å². The van der Waals surface area contributed by atoms with Crippen LogP contribution in [0.5, 0.6) is 0 Å². The number of hydrogen-bond acceptors (Lipinski definition) is 4. The van der Waals surface area contributed by atoms with Crippen LogP contribution in [-0.2, 0) is 14.9 Å². The van der Waals surface area contributed by atoms with Crippen molar-refractivity contribution in [3.63, 3.8) is 0 Å². The first-order valence-electron chi connectivity index (χ1n) is 9.52. The molecule has 5 heteroatoms. The van der Waals surface area contributed by atoms with Gasteiger partial charge in [-0.3, -0.25) is 9.69 Å². The van der Waals surface area contributed by atoms with Gasteiger partial charge in [0.1, 0.15) is 6.10 Å². The van der Waals surface area contributed by atoms with Crippen molar-refractivity contribution in [3.05, 3.63) is 35.9 Å². The third-order valence-electron chi connectivity index (χ3n) is 6.32. The molecule has 0 spiro atoms. The lowest BCUT2D eigenvalue weighted by Crippen LogP contribution is -2.53. The Morgan fingerprint density at radius 2 is 2.12 bits per heavy atom. The van der Waals surface area contributed by atoms with E-state index in [-0.39, 0.29) is 24.0 Å². The van der Waals surface area contributed by atoms with Gasteiger partial charge >= 0.3 is 0 Å². The van der Waals surface area contributed by atoms with Gasteiger partial charge in [0, 0.05) is 50.7 Å². The first-order chi connectivity index (χ1) is 12.2. The summed E-state index contributed by atoms with van der Waals surface area (Å²) < 4.78 is 5.61. The van der Waals surface area contributed by atoms with Gasteiger partial charge in [-0.05, 0) is 24.8 Å². The molecule has 3 heterocycles. The molecule has 0 aromatic heterocycles. The zero-order valence-corrected chi connectivity index (χ0v) is 14.8. The van der Waals surface area contributed by atoms with Crippen molar-refractivity contribution < 1.29 is 14.6 Å². The number of piperidine rings is 1. The molecule has 5 nitrogen and oxygen atoms in total. The third-order valence-corrected chi connectivity index (χ3v) is 6.32. The first kappa shape index (κ1) is 17.0. The van der Waals surface area contributed by atoms with Gasteiger partial charge in [-0.15, -0.1) is 0 Å². The summed E-state index contributed by atoms with van der Waals surface area (Å²) in [6, 6.07) is 10.7. The van der Waals surface area contributed by atoms with E-state index in [0.717, 1.165) is 45.4 Å². The Morgan fingerprint density at radius 3 is 2.84 bits per heavy atom. The summed E-state index contributed by atoms with van der Waals surface area (Å²) >= 11 is 0. The van der Waals surface area contributed by atoms with Gasteiger partial charge in [-0.1, -0.05) is 30.3 Å². The summed E-state index contributed by atoms with van der Waals surface area (Å²) in [6.07, 6.45) is 2.62. The van der Waals surface area contributed by atoms with Crippen LogP contribution in [-0.4, -0.2) is 72.9 Å². The van der Waals surface area contributed by atoms with Gasteiger partial charge in [0.2, 0.25) is 0 Å². The van der Waals surface area contributed by atoms with E-state index in [2.05, 4.69) is 35.2 Å². The van der Waals surface area contributed by atoms with E-state index >= 15 is 0 Å². The number of fused-ring (bicyclic) bond motifs is 1. The van der Waals surface area contributed by atoms with E-state index in [1.54, 1.807) is 0 Å². The number of β-amino-alcohol motifs (C(OH)–C–C–N with tert-alkyl or cyclic N) is 1. The highest BCUT2D eigenvalue weighted by atomic mass is 16.5. The largest absolute Gasteiger partial charge is 0.395 e. The van der Waals surface area contributed by atoms with E-state index < -0.39 is 0 Å². The number of likely N-dealkylation sites (tertiary alicyclic amines) is 2. The zero-order chi connectivity index (χ0) is 17.3. The fraction of sp³-hybridized carbons (Fsp3) is 0.650. The van der Waals surface area contributed by atoms with Gasteiger partial charge in [0.05, 0.1) is 6.61 Å². The van der Waals surface area contributed by atoms with Crippen molar-refractivity contribution in [1.82, 2.24) is 9.80 Å². The predicted molar refractivity (Wildman–Crippen MR) is 95.3 cm³/mol. The molecule has 0 radical (unpaired) electrons. The predicted octanol–water partition coefficient (Wildman–Crippen LogP) is 1.26. The van der Waals surface area contributed by atoms with Gasteiger partial charge in [-0.2, -0.15) is 0 Å². The first-order valence-corrected chi connectivity index (χ1v) is 9.52. The summed E-state index contributed by atoms with van der Waals surface area (Å²) in [7, 11) is 0. The van der Waals surface area contributed by atoms with Gasteiger partial charge < -0.3 is 14.7 Å². The highest BCUT2D eigenvalue weighted by Gasteiger charge is 2.51. The summed E-state index contributed by atoms with van der Waals surface area (Å²) in [6.45, 7) is 5.15. The van der Waals surface area contributed by atoms with Crippen molar-refractivity contribution in [3.8, 4) is 0 Å². The number of benzene rings is 1. The lowest BCUT2D eigenvalue weighted by molar-refractivity contribution is -0.143. The number of hydrogen-bond donors (Lipinski definition) is 1. The van der Waals surface area contributed by atoms with Gasteiger partial charge in [0.15, 0.2) is 0 Å². The van der Waals surface area contributed by atoms with Gasteiger partial charge in [-0.25, -0.2) is 0 Å². The van der Waals surface area contributed by atoms with Crippen molar-refractivity contribution in [2.75, 3.05) is 45.9 Å². The Kier molecular flexibility index (Phi) is 4.80. The maximum absolute atomic E-state index is 12.8. The number of carbonyl (C=O) groups excluding carboxylic acids is 1. The standard InChI is InChI=1S/C20H28N2O3/c23-11-10-21-13-17-14-22(19(24)18-7-4-12-25-18)9-8-20(17,15-21)16-5-2-1-3-6-16/h1-3,5-6,17-18,23H,4,7-15H2/t17?,18-,20?/m1/s1. The van der Waals surface area contributed by atoms with Crippen LogP contribution < -0.4 is 0 Å². The molecule has 3 aliphatic rings. The smallest absolute Gasteiger partial charge is 0.251 e. The minimum Gasteiger partial charge on any atom is -0.395 e. The molecular formula is C20H28N2O3. The highest BCUT2D eigenvalue weighted by Crippen LogP contribution is 2.45. The lowest BCUT2D eigenvalue weighted by atomic mass is 9.68. The summed E-state index contributed by atoms with van der Waals surface area (Å²) in [5.41, 5.74) is 1.48. The normalized spacial score (nSPS) is 32.8. The molecule has 3 aliphatic heterocycles. The second-order valence-corrected chi connectivity index (χ2v) is 7.71. The van der Waals surface area contributed by atoms with Crippen LogP contribution in [0.2, 0.25) is 0 Å². The number of aliphatic hydroxyl groups is 1. The number of carbonyl (C=O) groups is 1. The third kappa shape index (κ3) is 3.09. The molecule has 3 atom stereocenters. The number of rotatable bonds is 4. The quantitative estimate of drug-likeness (QED) is 0.893. The molecule has 3 fully saturated rings. The molecule has 136 valence electrons. The molecular weight excluding hydrogens is 316 g/mol. The number of ether oxygens (including phenoxy) is 1. The molecule has 2 unspecified atom stereocenters. The van der Waals surface area contributed by atoms with E-state index in [0.29, 0.717) is 19.1 Å². The number of nitrogens with zero attached hydrogens (tertiary/aromatic N) is 2. The Morgan fingerprint density at radius 1 is 1.28 bits per heavy atom. The van der Waals surface area contributed by atoms with E-state index in [1.165, 1.54) is 5.56 Å². The van der Waals surface area contributed by atoms with Crippen LogP contribution in [0.15, 0.2) is 30.3 Å². The molecule has 3 saturated heterocycles. The van der Waals surface area contributed by atoms with E-state index in [4.69, 9.17) is 4.74 Å². The fourth-order valence-electron chi connectivity index (χ4n) is 5.02. The molecule has 1 N–H and O–H groups in total. The van der Waals surface area contributed by atoms with Crippen LogP contribution >= 0.6 is 0 Å². The second-order valence-electron chi connectivity index (χ2n) is 7.71. The minimum atomic E-state index is -0.223. The maximum Gasteiger partial charge on any atom is 0.251 e. The van der Waals surface area contributed by atoms with Crippen molar-refractivity contribution in [2.24, 2.45) is 5.92 Å². The molecule has 4 rings (SSSR count). The highest BCUT2D eigenvalue weighted by molar-refractivity contribution is 5.81. The summed E-state index contributed by atoms with van der Waals surface area (Å²) in [5, 5.41) is 9.38. The van der Waals surface area contributed by atoms with Gasteiger partial charge in [0.25, 0.3) is 5.91 Å². The summed E-state index contributed by atoms with van der Waals surface area (Å²) in [4.78, 5) is 17.2. The SMILES string of the molecule is O=C([C@H]1CCCO1)N1CCC2(c3ccccc3)CN(CCO)CC2C1. The molecule has 1 amide bonds. The number of amides is 1. The maximum atomic E-state index is 12.8. The van der Waals surface area contributed by atoms with Crippen LogP contribution in [0, 0.1) is 5.92 Å². The van der Waals surface area contributed by atoms with E-state index in [9.17, 15) is 9.90 Å². The molecule has 1 aromatic rings. The average Bonchev–Trinajstić information content (AvgIpc) is 3.29. The van der Waals surface area contributed by atoms with Crippen LogP contribution in [0.25, 0.3) is 0 Å². The Labute approximate surface area is 149 Å². The zero-order valence-electron chi connectivity index (χ0n) is 14.8. The molecule has 0 saturated carbocycles. The van der Waals surface area contributed by atoms with Crippen molar-refractivity contribution in [2.45, 2.75) is 30.8 Å². The molecule has 0 aliphatic carbocycles. The topological polar surface area (TPSA) is 53.0 Å².